The highest BCUT2D eigenvalue weighted by Gasteiger charge is 2.35. The Morgan fingerprint density at radius 1 is 1.54 bits per heavy atom. The van der Waals surface area contributed by atoms with Gasteiger partial charge < -0.3 is 8.54 Å². The van der Waals surface area contributed by atoms with E-state index in [1.807, 2.05) is 0 Å². The molecule has 3 atom stereocenters. The van der Waals surface area contributed by atoms with E-state index in [0.717, 1.165) is 12.5 Å². The van der Waals surface area contributed by atoms with E-state index < -0.39 is 17.6 Å². The van der Waals surface area contributed by atoms with Crippen molar-refractivity contribution in [2.45, 2.75) is 45.5 Å². The van der Waals surface area contributed by atoms with Crippen molar-refractivity contribution >= 4 is 17.6 Å². The normalized spacial score (nSPS) is 37.4. The third-order valence-electron chi connectivity index (χ3n) is 2.91. The highest BCUT2D eigenvalue weighted by Crippen LogP contribution is 2.27. The average Bonchev–Trinajstić information content (AvgIpc) is 2.02. The summed E-state index contributed by atoms with van der Waals surface area (Å²) >= 11 is 0. The van der Waals surface area contributed by atoms with Crippen molar-refractivity contribution in [2.75, 3.05) is 6.61 Å². The predicted octanol–water partition coefficient (Wildman–Crippen LogP) is 2.50. The van der Waals surface area contributed by atoms with Gasteiger partial charge in [-0.2, -0.15) is 0 Å². The van der Waals surface area contributed by atoms with Crippen molar-refractivity contribution in [3.63, 3.8) is 0 Å². The SMILES string of the molecule is CCC(C)C[Si]1(C)CCO[SiH](C)O1. The lowest BCUT2D eigenvalue weighted by Crippen LogP contribution is -2.47. The summed E-state index contributed by atoms with van der Waals surface area (Å²) in [6.45, 7) is 10.1. The number of hydrogen-bond donors (Lipinski definition) is 0. The first-order chi connectivity index (χ1) is 6.06. The summed E-state index contributed by atoms with van der Waals surface area (Å²) in [5, 5.41) is 0. The van der Waals surface area contributed by atoms with Crippen LogP contribution in [0.1, 0.15) is 20.3 Å². The first kappa shape index (κ1) is 11.4. The van der Waals surface area contributed by atoms with E-state index >= 15 is 0 Å². The highest BCUT2D eigenvalue weighted by molar-refractivity contribution is 6.78. The molecule has 0 aromatic carbocycles. The minimum atomic E-state index is -1.35. The maximum absolute atomic E-state index is 6.10. The third-order valence-corrected chi connectivity index (χ3v) is 10.0. The summed E-state index contributed by atoms with van der Waals surface area (Å²) < 4.78 is 11.6. The molecule has 1 fully saturated rings. The summed E-state index contributed by atoms with van der Waals surface area (Å²) in [6, 6.07) is 2.53. The molecule has 0 amide bonds. The summed E-state index contributed by atoms with van der Waals surface area (Å²) in [4.78, 5) is 0. The second kappa shape index (κ2) is 4.73. The molecule has 0 aromatic rings. The molecule has 0 saturated carbocycles. The van der Waals surface area contributed by atoms with E-state index in [1.165, 1.54) is 18.5 Å². The maximum Gasteiger partial charge on any atom is 0.307 e. The van der Waals surface area contributed by atoms with Gasteiger partial charge in [-0.15, -0.1) is 0 Å². The van der Waals surface area contributed by atoms with E-state index in [0.29, 0.717) is 0 Å². The molecule has 0 spiro atoms. The van der Waals surface area contributed by atoms with E-state index in [9.17, 15) is 0 Å². The minimum Gasteiger partial charge on any atom is -0.438 e. The predicted molar refractivity (Wildman–Crippen MR) is 60.7 cm³/mol. The Kier molecular flexibility index (Phi) is 4.16. The molecule has 13 heavy (non-hydrogen) atoms. The van der Waals surface area contributed by atoms with Crippen LogP contribution in [0.15, 0.2) is 0 Å². The summed E-state index contributed by atoms with van der Waals surface area (Å²) in [7, 11) is -2.57. The first-order valence-electron chi connectivity index (χ1n) is 5.35. The quantitative estimate of drug-likeness (QED) is 0.678. The molecule has 78 valence electrons. The van der Waals surface area contributed by atoms with Gasteiger partial charge in [0, 0.05) is 6.61 Å². The Hall–Kier alpha value is 0.354. The lowest BCUT2D eigenvalue weighted by molar-refractivity contribution is 0.249. The van der Waals surface area contributed by atoms with Gasteiger partial charge in [0.2, 0.25) is 0 Å². The Morgan fingerprint density at radius 3 is 2.77 bits per heavy atom. The van der Waals surface area contributed by atoms with Crippen molar-refractivity contribution in [1.29, 1.82) is 0 Å². The first-order valence-corrected chi connectivity index (χ1v) is 10.3. The Labute approximate surface area is 84.6 Å². The fourth-order valence-corrected chi connectivity index (χ4v) is 9.50. The van der Waals surface area contributed by atoms with Gasteiger partial charge in [-0.05, 0) is 31.1 Å². The molecule has 1 aliphatic heterocycles. The van der Waals surface area contributed by atoms with Gasteiger partial charge in [0.25, 0.3) is 0 Å². The van der Waals surface area contributed by atoms with Gasteiger partial charge in [-0.1, -0.05) is 20.3 Å². The maximum atomic E-state index is 6.10. The molecule has 2 nitrogen and oxygen atoms in total. The molecule has 0 N–H and O–H groups in total. The molecule has 3 unspecified atom stereocenters. The lowest BCUT2D eigenvalue weighted by Gasteiger charge is -2.36. The summed E-state index contributed by atoms with van der Waals surface area (Å²) in [5.41, 5.74) is 0. The molecule has 1 saturated heterocycles. The molecule has 1 aliphatic rings. The zero-order chi connectivity index (χ0) is 9.90. The molecular weight excluding hydrogens is 196 g/mol. The molecule has 1 rings (SSSR count). The van der Waals surface area contributed by atoms with Crippen molar-refractivity contribution in [2.24, 2.45) is 5.92 Å². The van der Waals surface area contributed by atoms with Crippen molar-refractivity contribution in [3.05, 3.63) is 0 Å². The van der Waals surface area contributed by atoms with Crippen molar-refractivity contribution in [3.8, 4) is 0 Å². The molecule has 4 heteroatoms. The van der Waals surface area contributed by atoms with Crippen LogP contribution in [0.3, 0.4) is 0 Å². The Morgan fingerprint density at radius 2 is 2.23 bits per heavy atom. The van der Waals surface area contributed by atoms with Crippen LogP contribution in [0, 0.1) is 5.92 Å². The smallest absolute Gasteiger partial charge is 0.307 e. The van der Waals surface area contributed by atoms with Crippen LogP contribution in [-0.2, 0) is 8.54 Å². The van der Waals surface area contributed by atoms with Crippen LogP contribution < -0.4 is 0 Å². The van der Waals surface area contributed by atoms with Gasteiger partial charge in [0.15, 0.2) is 8.32 Å². The topological polar surface area (TPSA) is 18.5 Å². The fraction of sp³-hybridized carbons (Fsp3) is 1.00. The fourth-order valence-electron chi connectivity index (χ4n) is 1.97. The highest BCUT2D eigenvalue weighted by atomic mass is 28.4. The van der Waals surface area contributed by atoms with Crippen LogP contribution in [-0.4, -0.2) is 24.2 Å². The van der Waals surface area contributed by atoms with Crippen LogP contribution in [0.5, 0.6) is 0 Å². The van der Waals surface area contributed by atoms with Crippen molar-refractivity contribution < 1.29 is 8.54 Å². The van der Waals surface area contributed by atoms with Gasteiger partial charge in [-0.25, -0.2) is 0 Å². The standard InChI is InChI=1S/C9H22O2Si2/c1-5-9(2)8-13(4)7-6-10-12(3)11-13/h9,12H,5-8H2,1-4H3. The average molecular weight is 218 g/mol. The molecule has 0 bridgehead atoms. The van der Waals surface area contributed by atoms with Gasteiger partial charge in [0.1, 0.15) is 0 Å². The molecule has 0 radical (unpaired) electrons. The monoisotopic (exact) mass is 218 g/mol. The van der Waals surface area contributed by atoms with Crippen molar-refractivity contribution in [1.82, 2.24) is 0 Å². The lowest BCUT2D eigenvalue weighted by atomic mass is 10.2. The largest absolute Gasteiger partial charge is 0.438 e. The van der Waals surface area contributed by atoms with E-state index in [1.54, 1.807) is 0 Å². The van der Waals surface area contributed by atoms with E-state index in [2.05, 4.69) is 26.9 Å². The third kappa shape index (κ3) is 3.54. The molecular formula is C9H22O2Si2. The number of rotatable bonds is 3. The minimum absolute atomic E-state index is 0.830. The van der Waals surface area contributed by atoms with Gasteiger partial charge in [-0.3, -0.25) is 0 Å². The zero-order valence-electron chi connectivity index (χ0n) is 9.30. The van der Waals surface area contributed by atoms with Crippen LogP contribution in [0.4, 0.5) is 0 Å². The summed E-state index contributed by atoms with van der Waals surface area (Å²) in [5.74, 6) is 0.830. The van der Waals surface area contributed by atoms with Crippen LogP contribution in [0.2, 0.25) is 25.2 Å². The molecule has 0 aliphatic carbocycles. The van der Waals surface area contributed by atoms with E-state index in [-0.39, 0.29) is 0 Å². The van der Waals surface area contributed by atoms with Gasteiger partial charge in [0.05, 0.1) is 0 Å². The van der Waals surface area contributed by atoms with E-state index in [4.69, 9.17) is 8.54 Å². The Balaban J connectivity index is 2.44. The molecule has 0 aromatic heterocycles. The summed E-state index contributed by atoms with van der Waals surface area (Å²) in [6.07, 6.45) is 1.28. The second-order valence-electron chi connectivity index (χ2n) is 4.47. The van der Waals surface area contributed by atoms with Crippen LogP contribution in [0.25, 0.3) is 0 Å². The van der Waals surface area contributed by atoms with Gasteiger partial charge >= 0.3 is 9.28 Å². The van der Waals surface area contributed by atoms with Crippen LogP contribution >= 0.6 is 0 Å². The second-order valence-corrected chi connectivity index (χ2v) is 10.7. The number of hydrogen-bond acceptors (Lipinski definition) is 2. The Bertz CT molecular complexity index is 166. The zero-order valence-corrected chi connectivity index (χ0v) is 11.5. The molecule has 1 heterocycles.